The first kappa shape index (κ1) is 16.6. The lowest BCUT2D eigenvalue weighted by Gasteiger charge is -2.34. The second-order valence-corrected chi connectivity index (χ2v) is 8.16. The van der Waals surface area contributed by atoms with Gasteiger partial charge in [-0.15, -0.1) is 0 Å². The zero-order valence-corrected chi connectivity index (χ0v) is 16.4. The zero-order chi connectivity index (χ0) is 18.4. The molecule has 0 N–H and O–H groups in total. The summed E-state index contributed by atoms with van der Waals surface area (Å²) in [7, 11) is 1.95. The molecule has 4 aromatic rings. The first-order valence-electron chi connectivity index (χ1n) is 9.28. The molecule has 0 atom stereocenters. The Morgan fingerprint density at radius 2 is 1.93 bits per heavy atom. The molecule has 6 nitrogen and oxygen atoms in total. The number of aryl methyl sites for hydroxylation is 2. The summed E-state index contributed by atoms with van der Waals surface area (Å²) in [5.74, 6) is 0. The van der Waals surface area contributed by atoms with Crippen LogP contribution in [0.1, 0.15) is 11.3 Å². The van der Waals surface area contributed by atoms with E-state index >= 15 is 0 Å². The summed E-state index contributed by atoms with van der Waals surface area (Å²) >= 11 is 1.79. The highest BCUT2D eigenvalue weighted by atomic mass is 32.1. The molecule has 1 fully saturated rings. The fraction of sp³-hybridized carbons (Fsp3) is 0.350. The van der Waals surface area contributed by atoms with Gasteiger partial charge >= 0.3 is 0 Å². The van der Waals surface area contributed by atoms with Crippen LogP contribution in [0.3, 0.4) is 0 Å². The number of nitrogens with zero attached hydrogens (tertiary/aromatic N) is 6. The first-order chi connectivity index (χ1) is 13.2. The van der Waals surface area contributed by atoms with Crippen molar-refractivity contribution in [2.24, 2.45) is 7.05 Å². The van der Waals surface area contributed by atoms with Gasteiger partial charge in [-0.1, -0.05) is 23.5 Å². The van der Waals surface area contributed by atoms with Gasteiger partial charge in [0, 0.05) is 51.4 Å². The van der Waals surface area contributed by atoms with E-state index in [1.807, 2.05) is 24.9 Å². The van der Waals surface area contributed by atoms with Crippen molar-refractivity contribution in [3.8, 4) is 0 Å². The molecule has 1 aliphatic heterocycles. The van der Waals surface area contributed by atoms with Crippen LogP contribution < -0.4 is 4.90 Å². The maximum Gasteiger partial charge on any atom is 0.186 e. The number of hydrogen-bond donors (Lipinski definition) is 0. The van der Waals surface area contributed by atoms with Gasteiger partial charge in [-0.3, -0.25) is 9.58 Å². The minimum absolute atomic E-state index is 0.935. The molecular formula is C20H22N6S. The minimum atomic E-state index is 0.935. The fourth-order valence-electron chi connectivity index (χ4n) is 3.79. The summed E-state index contributed by atoms with van der Waals surface area (Å²) in [6.45, 7) is 7.10. The largest absolute Gasteiger partial charge is 0.345 e. The van der Waals surface area contributed by atoms with Crippen LogP contribution in [0, 0.1) is 6.92 Å². The molecule has 0 spiro atoms. The highest BCUT2D eigenvalue weighted by Crippen LogP contribution is 2.29. The predicted octanol–water partition coefficient (Wildman–Crippen LogP) is 3.21. The number of para-hydroxylation sites is 1. The van der Waals surface area contributed by atoms with Crippen LogP contribution in [0.5, 0.6) is 0 Å². The van der Waals surface area contributed by atoms with Gasteiger partial charge in [-0.25, -0.2) is 9.97 Å². The molecule has 0 unspecified atom stereocenters. The first-order valence-corrected chi connectivity index (χ1v) is 10.1. The molecule has 1 aromatic carbocycles. The van der Waals surface area contributed by atoms with E-state index in [2.05, 4.69) is 50.2 Å². The highest BCUT2D eigenvalue weighted by molar-refractivity contribution is 7.22. The molecular weight excluding hydrogens is 356 g/mol. The summed E-state index contributed by atoms with van der Waals surface area (Å²) in [6.07, 6.45) is 1.99. The van der Waals surface area contributed by atoms with Crippen molar-refractivity contribution in [3.05, 3.63) is 47.8 Å². The number of fused-ring (bicyclic) bond motifs is 2. The Morgan fingerprint density at radius 1 is 1.11 bits per heavy atom. The molecule has 7 heteroatoms. The number of aromatic nitrogens is 4. The van der Waals surface area contributed by atoms with E-state index in [0.717, 1.165) is 60.1 Å². The van der Waals surface area contributed by atoms with E-state index in [-0.39, 0.29) is 0 Å². The summed E-state index contributed by atoms with van der Waals surface area (Å²) in [6, 6.07) is 10.6. The van der Waals surface area contributed by atoms with Gasteiger partial charge in [0.15, 0.2) is 10.8 Å². The average molecular weight is 379 g/mol. The Kier molecular flexibility index (Phi) is 4.06. The molecule has 3 aromatic heterocycles. The Balaban J connectivity index is 1.27. The van der Waals surface area contributed by atoms with Gasteiger partial charge in [-0.05, 0) is 30.7 Å². The minimum Gasteiger partial charge on any atom is -0.345 e. The van der Waals surface area contributed by atoms with E-state index in [1.54, 1.807) is 11.3 Å². The number of benzene rings is 1. The summed E-state index contributed by atoms with van der Waals surface area (Å²) < 4.78 is 3.12. The van der Waals surface area contributed by atoms with E-state index in [0.29, 0.717) is 0 Å². The third-order valence-corrected chi connectivity index (χ3v) is 6.35. The average Bonchev–Trinajstić information content (AvgIpc) is 3.23. The van der Waals surface area contributed by atoms with Gasteiger partial charge in [0.05, 0.1) is 15.9 Å². The molecule has 1 aliphatic rings. The number of rotatable bonds is 3. The number of pyridine rings is 1. The Morgan fingerprint density at radius 3 is 2.74 bits per heavy atom. The Hall–Kier alpha value is -2.51. The second kappa shape index (κ2) is 6.58. The van der Waals surface area contributed by atoms with E-state index < -0.39 is 0 Å². The molecule has 0 radical (unpaired) electrons. The molecule has 0 amide bonds. The van der Waals surface area contributed by atoms with Crippen LogP contribution >= 0.6 is 11.3 Å². The third kappa shape index (κ3) is 3.07. The molecule has 4 heterocycles. The van der Waals surface area contributed by atoms with Crippen molar-refractivity contribution in [1.29, 1.82) is 0 Å². The summed E-state index contributed by atoms with van der Waals surface area (Å²) in [5, 5.41) is 6.77. The topological polar surface area (TPSA) is 50.1 Å². The number of anilines is 1. The van der Waals surface area contributed by atoms with Crippen molar-refractivity contribution in [2.45, 2.75) is 13.5 Å². The molecule has 0 saturated carbocycles. The number of thiazole rings is 1. The highest BCUT2D eigenvalue weighted by Gasteiger charge is 2.20. The monoisotopic (exact) mass is 378 g/mol. The number of hydrogen-bond acceptors (Lipinski definition) is 6. The molecule has 5 rings (SSSR count). The predicted molar refractivity (Wildman–Crippen MR) is 110 cm³/mol. The van der Waals surface area contributed by atoms with Gasteiger partial charge in [0.1, 0.15) is 0 Å². The van der Waals surface area contributed by atoms with Crippen LogP contribution in [-0.4, -0.2) is 50.8 Å². The van der Waals surface area contributed by atoms with E-state index in [1.165, 1.54) is 10.3 Å². The van der Waals surface area contributed by atoms with Gasteiger partial charge in [0.25, 0.3) is 0 Å². The summed E-state index contributed by atoms with van der Waals surface area (Å²) in [4.78, 5) is 14.3. The lowest BCUT2D eigenvalue weighted by atomic mass is 10.2. The maximum absolute atomic E-state index is 4.80. The molecule has 138 valence electrons. The number of piperazine rings is 1. The van der Waals surface area contributed by atoms with Crippen molar-refractivity contribution < 1.29 is 0 Å². The lowest BCUT2D eigenvalue weighted by Crippen LogP contribution is -2.45. The van der Waals surface area contributed by atoms with Crippen molar-refractivity contribution in [3.63, 3.8) is 0 Å². The maximum atomic E-state index is 4.80. The van der Waals surface area contributed by atoms with E-state index in [9.17, 15) is 0 Å². The van der Waals surface area contributed by atoms with Crippen molar-refractivity contribution in [1.82, 2.24) is 24.6 Å². The molecule has 27 heavy (non-hydrogen) atoms. The van der Waals surface area contributed by atoms with Crippen molar-refractivity contribution in [2.75, 3.05) is 31.1 Å². The molecule has 0 bridgehead atoms. The van der Waals surface area contributed by atoms with E-state index in [4.69, 9.17) is 4.98 Å². The van der Waals surface area contributed by atoms with Gasteiger partial charge in [0.2, 0.25) is 0 Å². The fourth-order valence-corrected chi connectivity index (χ4v) is 4.81. The normalized spacial score (nSPS) is 15.9. The SMILES string of the molecule is Cc1nn(C)c2ncc(CN3CCN(c4nc5ccccc5s4)CC3)cc12. The summed E-state index contributed by atoms with van der Waals surface area (Å²) in [5.41, 5.74) is 4.36. The van der Waals surface area contributed by atoms with Crippen LogP contribution in [-0.2, 0) is 13.6 Å². The zero-order valence-electron chi connectivity index (χ0n) is 15.6. The third-order valence-electron chi connectivity index (χ3n) is 5.25. The molecule has 1 saturated heterocycles. The van der Waals surface area contributed by atoms with Crippen LogP contribution in [0.4, 0.5) is 5.13 Å². The quantitative estimate of drug-likeness (QED) is 0.548. The molecule has 0 aliphatic carbocycles. The Labute approximate surface area is 162 Å². The van der Waals surface area contributed by atoms with Crippen LogP contribution in [0.25, 0.3) is 21.3 Å². The van der Waals surface area contributed by atoms with Crippen LogP contribution in [0.15, 0.2) is 36.5 Å². The van der Waals surface area contributed by atoms with Crippen LogP contribution in [0.2, 0.25) is 0 Å². The van der Waals surface area contributed by atoms with Gasteiger partial charge in [-0.2, -0.15) is 5.10 Å². The lowest BCUT2D eigenvalue weighted by molar-refractivity contribution is 0.249. The van der Waals surface area contributed by atoms with Crippen molar-refractivity contribution >= 4 is 37.7 Å². The van der Waals surface area contributed by atoms with Gasteiger partial charge < -0.3 is 4.90 Å². The Bertz CT molecular complexity index is 1070. The second-order valence-electron chi connectivity index (χ2n) is 7.15. The smallest absolute Gasteiger partial charge is 0.186 e. The standard InChI is InChI=1S/C20H22N6S/c1-14-16-11-15(12-21-19(16)24(2)23-14)13-25-7-9-26(10-8-25)20-22-17-5-3-4-6-18(17)27-20/h3-6,11-12H,7-10,13H2,1-2H3.